The van der Waals surface area contributed by atoms with E-state index in [1.54, 1.807) is 0 Å². The summed E-state index contributed by atoms with van der Waals surface area (Å²) in [6.07, 6.45) is 7.14. The zero-order valence-corrected chi connectivity index (χ0v) is 10.3. The Balaban J connectivity index is 1.94. The van der Waals surface area contributed by atoms with Gasteiger partial charge in [0.2, 0.25) is 0 Å². The van der Waals surface area contributed by atoms with Crippen LogP contribution in [0.15, 0.2) is 12.1 Å². The van der Waals surface area contributed by atoms with Gasteiger partial charge < -0.3 is 10.4 Å². The average molecular weight is 231 g/mol. The summed E-state index contributed by atoms with van der Waals surface area (Å²) in [4.78, 5) is 0. The van der Waals surface area contributed by atoms with E-state index in [1.165, 1.54) is 42.4 Å². The topological polar surface area (TPSA) is 32.3 Å². The van der Waals surface area contributed by atoms with Crippen LogP contribution in [0.4, 0.5) is 0 Å². The monoisotopic (exact) mass is 231 g/mol. The molecular formula is C15H21NO. The van der Waals surface area contributed by atoms with E-state index in [4.69, 9.17) is 0 Å². The maximum absolute atomic E-state index is 10.5. The van der Waals surface area contributed by atoms with E-state index >= 15 is 0 Å². The summed E-state index contributed by atoms with van der Waals surface area (Å²) in [5, 5.41) is 13.9. The Morgan fingerprint density at radius 1 is 1.12 bits per heavy atom. The molecule has 2 aliphatic rings. The van der Waals surface area contributed by atoms with Gasteiger partial charge in [-0.25, -0.2) is 0 Å². The second-order valence-corrected chi connectivity index (χ2v) is 5.39. The van der Waals surface area contributed by atoms with Crippen LogP contribution < -0.4 is 5.32 Å². The van der Waals surface area contributed by atoms with Crippen LogP contribution in [0.3, 0.4) is 0 Å². The Morgan fingerprint density at radius 3 is 2.82 bits per heavy atom. The van der Waals surface area contributed by atoms with Crippen LogP contribution >= 0.6 is 0 Å². The first-order valence-electron chi connectivity index (χ1n) is 6.90. The molecule has 1 unspecified atom stereocenters. The second-order valence-electron chi connectivity index (χ2n) is 5.39. The highest BCUT2D eigenvalue weighted by molar-refractivity contribution is 5.48. The van der Waals surface area contributed by atoms with E-state index < -0.39 is 0 Å². The zero-order valence-electron chi connectivity index (χ0n) is 10.3. The van der Waals surface area contributed by atoms with Crippen molar-refractivity contribution in [3.05, 3.63) is 28.8 Å². The summed E-state index contributed by atoms with van der Waals surface area (Å²) in [7, 11) is 0. The minimum Gasteiger partial charge on any atom is -0.507 e. The van der Waals surface area contributed by atoms with Gasteiger partial charge in [-0.1, -0.05) is 12.1 Å². The Hall–Kier alpha value is -1.02. The molecule has 1 aromatic rings. The molecule has 0 bridgehead atoms. The predicted octanol–water partition coefficient (Wildman–Crippen LogP) is 2.74. The van der Waals surface area contributed by atoms with E-state index in [-0.39, 0.29) is 0 Å². The third-order valence-corrected chi connectivity index (χ3v) is 4.27. The molecule has 1 heterocycles. The van der Waals surface area contributed by atoms with Gasteiger partial charge in [0.05, 0.1) is 0 Å². The number of hydrogen-bond acceptors (Lipinski definition) is 2. The molecule has 17 heavy (non-hydrogen) atoms. The summed E-state index contributed by atoms with van der Waals surface area (Å²) in [6, 6.07) is 4.41. The average Bonchev–Trinajstić information content (AvgIpc) is 2.40. The number of aromatic hydroxyl groups is 1. The highest BCUT2D eigenvalue weighted by atomic mass is 16.3. The van der Waals surface area contributed by atoms with Crippen molar-refractivity contribution in [3.8, 4) is 5.75 Å². The fourth-order valence-electron chi connectivity index (χ4n) is 3.27. The van der Waals surface area contributed by atoms with Gasteiger partial charge in [-0.2, -0.15) is 0 Å². The van der Waals surface area contributed by atoms with Crippen molar-refractivity contribution in [2.75, 3.05) is 13.1 Å². The molecule has 1 aliphatic carbocycles. The van der Waals surface area contributed by atoms with Crippen LogP contribution in [-0.2, 0) is 12.8 Å². The summed E-state index contributed by atoms with van der Waals surface area (Å²) in [5.41, 5.74) is 3.79. The minimum absolute atomic E-state index is 0.510. The molecule has 0 radical (unpaired) electrons. The van der Waals surface area contributed by atoms with Crippen LogP contribution in [0.1, 0.15) is 48.3 Å². The molecule has 2 heteroatoms. The summed E-state index contributed by atoms with van der Waals surface area (Å²) in [5.74, 6) is 1.12. The molecule has 1 aliphatic heterocycles. The van der Waals surface area contributed by atoms with E-state index in [1.807, 2.05) is 0 Å². The van der Waals surface area contributed by atoms with Crippen LogP contribution in [0, 0.1) is 0 Å². The molecule has 1 saturated heterocycles. The van der Waals surface area contributed by atoms with Gasteiger partial charge in [0.25, 0.3) is 0 Å². The van der Waals surface area contributed by atoms with Crippen LogP contribution in [0.2, 0.25) is 0 Å². The van der Waals surface area contributed by atoms with Crippen molar-refractivity contribution < 1.29 is 5.11 Å². The molecule has 0 aromatic heterocycles. The molecule has 3 rings (SSSR count). The van der Waals surface area contributed by atoms with Crippen molar-refractivity contribution >= 4 is 0 Å². The molecule has 1 atom stereocenters. The lowest BCUT2D eigenvalue weighted by molar-refractivity contribution is 0.418. The van der Waals surface area contributed by atoms with E-state index in [0.717, 1.165) is 25.9 Å². The summed E-state index contributed by atoms with van der Waals surface area (Å²) < 4.78 is 0. The molecule has 92 valence electrons. The van der Waals surface area contributed by atoms with E-state index in [2.05, 4.69) is 17.4 Å². The lowest BCUT2D eigenvalue weighted by Gasteiger charge is -2.26. The fourth-order valence-corrected chi connectivity index (χ4v) is 3.27. The largest absolute Gasteiger partial charge is 0.507 e. The Labute approximate surface area is 103 Å². The van der Waals surface area contributed by atoms with Crippen molar-refractivity contribution in [3.63, 3.8) is 0 Å². The number of hydrogen-bond donors (Lipinski definition) is 2. The molecular weight excluding hydrogens is 210 g/mol. The maximum atomic E-state index is 10.5. The van der Waals surface area contributed by atoms with Crippen LogP contribution in [-0.4, -0.2) is 18.2 Å². The highest BCUT2D eigenvalue weighted by Gasteiger charge is 2.22. The number of phenolic OH excluding ortho intramolecular Hbond substituents is 1. The van der Waals surface area contributed by atoms with Crippen LogP contribution in [0.25, 0.3) is 0 Å². The second kappa shape index (κ2) is 4.69. The molecule has 2 nitrogen and oxygen atoms in total. The molecule has 1 fully saturated rings. The van der Waals surface area contributed by atoms with Crippen LogP contribution in [0.5, 0.6) is 5.75 Å². The molecule has 2 N–H and O–H groups in total. The normalized spacial score (nSPS) is 24.4. The number of aryl methyl sites for hydroxylation is 1. The Morgan fingerprint density at radius 2 is 2.00 bits per heavy atom. The van der Waals surface area contributed by atoms with Crippen molar-refractivity contribution in [1.82, 2.24) is 5.32 Å². The summed E-state index contributed by atoms with van der Waals surface area (Å²) >= 11 is 0. The first-order valence-corrected chi connectivity index (χ1v) is 6.90. The van der Waals surface area contributed by atoms with Gasteiger partial charge in [-0.3, -0.25) is 0 Å². The van der Waals surface area contributed by atoms with Crippen molar-refractivity contribution in [1.29, 1.82) is 0 Å². The number of phenols is 1. The lowest BCUT2D eigenvalue weighted by atomic mass is 9.84. The molecule has 0 saturated carbocycles. The lowest BCUT2D eigenvalue weighted by Crippen LogP contribution is -2.28. The Kier molecular flexibility index (Phi) is 3.06. The van der Waals surface area contributed by atoms with Gasteiger partial charge >= 0.3 is 0 Å². The number of piperidine rings is 1. The van der Waals surface area contributed by atoms with E-state index in [0.29, 0.717) is 11.7 Å². The number of rotatable bonds is 1. The maximum Gasteiger partial charge on any atom is 0.122 e. The van der Waals surface area contributed by atoms with E-state index in [9.17, 15) is 5.11 Å². The van der Waals surface area contributed by atoms with Gasteiger partial charge in [0.15, 0.2) is 0 Å². The van der Waals surface area contributed by atoms with Gasteiger partial charge in [-0.15, -0.1) is 0 Å². The third-order valence-electron chi connectivity index (χ3n) is 4.27. The minimum atomic E-state index is 0.510. The first kappa shape index (κ1) is 11.1. The molecule has 0 amide bonds. The predicted molar refractivity (Wildman–Crippen MR) is 69.6 cm³/mol. The highest BCUT2D eigenvalue weighted by Crippen LogP contribution is 2.37. The quantitative estimate of drug-likeness (QED) is 0.779. The number of nitrogens with one attached hydrogen (secondary N) is 1. The third kappa shape index (κ3) is 2.06. The number of fused-ring (bicyclic) bond motifs is 1. The Bertz CT molecular complexity index is 408. The van der Waals surface area contributed by atoms with Gasteiger partial charge in [-0.05, 0) is 61.8 Å². The molecule has 0 spiro atoms. The fraction of sp³-hybridized carbons (Fsp3) is 0.600. The van der Waals surface area contributed by atoms with Gasteiger partial charge in [0.1, 0.15) is 5.75 Å². The molecule has 1 aromatic carbocycles. The standard InChI is InChI=1S/C15H21NO/c17-15-13-6-2-1-4-11(13)7-8-14(15)12-5-3-9-16-10-12/h7-8,12,16-17H,1-6,9-10H2. The number of benzene rings is 1. The van der Waals surface area contributed by atoms with Crippen molar-refractivity contribution in [2.24, 2.45) is 0 Å². The SMILES string of the molecule is Oc1c(C2CCCNC2)ccc2c1CCCC2. The first-order chi connectivity index (χ1) is 8.36. The smallest absolute Gasteiger partial charge is 0.122 e. The van der Waals surface area contributed by atoms with Gasteiger partial charge in [0, 0.05) is 12.5 Å². The summed E-state index contributed by atoms with van der Waals surface area (Å²) in [6.45, 7) is 2.15. The van der Waals surface area contributed by atoms with Crippen molar-refractivity contribution in [2.45, 2.75) is 44.4 Å². The zero-order chi connectivity index (χ0) is 11.7.